The van der Waals surface area contributed by atoms with E-state index in [2.05, 4.69) is 22.4 Å². The highest BCUT2D eigenvalue weighted by Gasteiger charge is 2.35. The van der Waals surface area contributed by atoms with Gasteiger partial charge in [-0.25, -0.2) is 4.98 Å². The molecule has 0 aliphatic heterocycles. The van der Waals surface area contributed by atoms with Gasteiger partial charge in [0.1, 0.15) is 28.2 Å². The topological polar surface area (TPSA) is 162 Å². The van der Waals surface area contributed by atoms with Crippen molar-refractivity contribution in [3.8, 4) is 12.1 Å². The summed E-state index contributed by atoms with van der Waals surface area (Å²) in [6, 6.07) is 13.4. The highest BCUT2D eigenvalue weighted by molar-refractivity contribution is 8.00. The number of aromatic nitrogens is 1. The van der Waals surface area contributed by atoms with Crippen LogP contribution in [0.25, 0.3) is 0 Å². The lowest BCUT2D eigenvalue weighted by Gasteiger charge is -2.23. The molecule has 1 fully saturated rings. The van der Waals surface area contributed by atoms with Crippen LogP contribution in [0.5, 0.6) is 0 Å². The SMILES string of the molecule is CN(CC(=O)NCCN)c1nc(SC(C(N)=O)c2ccccc2)c(C#N)c(C2CC2)c1C#N.Cl. The number of carbonyl (C=O) groups excluding carboxylic acids is 2. The first-order valence-corrected chi connectivity index (χ1v) is 11.4. The Morgan fingerprint density at radius 1 is 1.24 bits per heavy atom. The van der Waals surface area contributed by atoms with Crippen LogP contribution in [-0.2, 0) is 9.59 Å². The maximum absolute atomic E-state index is 12.3. The molecule has 2 aromatic rings. The number of pyridine rings is 1. The molecule has 1 aliphatic carbocycles. The summed E-state index contributed by atoms with van der Waals surface area (Å²) in [5.41, 5.74) is 13.0. The minimum atomic E-state index is -0.767. The zero-order valence-corrected chi connectivity index (χ0v) is 20.3. The molecule has 1 saturated carbocycles. The molecule has 178 valence electrons. The predicted octanol–water partition coefficient (Wildman–Crippen LogP) is 1.95. The van der Waals surface area contributed by atoms with Crippen LogP contribution in [0.15, 0.2) is 35.4 Å². The zero-order chi connectivity index (χ0) is 24.0. The van der Waals surface area contributed by atoms with Gasteiger partial charge in [0.25, 0.3) is 0 Å². The van der Waals surface area contributed by atoms with Crippen molar-refractivity contribution in [2.75, 3.05) is 31.6 Å². The van der Waals surface area contributed by atoms with E-state index in [9.17, 15) is 20.1 Å². The minimum Gasteiger partial charge on any atom is -0.368 e. The quantitative estimate of drug-likeness (QED) is 0.417. The Morgan fingerprint density at radius 2 is 1.88 bits per heavy atom. The van der Waals surface area contributed by atoms with E-state index in [0.29, 0.717) is 35.1 Å². The maximum Gasteiger partial charge on any atom is 0.239 e. The summed E-state index contributed by atoms with van der Waals surface area (Å²) in [6.07, 6.45) is 1.71. The van der Waals surface area contributed by atoms with Gasteiger partial charge in [-0.3, -0.25) is 9.59 Å². The van der Waals surface area contributed by atoms with Gasteiger partial charge < -0.3 is 21.7 Å². The number of nitrogens with one attached hydrogen (secondary N) is 1. The van der Waals surface area contributed by atoms with E-state index in [1.807, 2.05) is 6.07 Å². The van der Waals surface area contributed by atoms with Crippen molar-refractivity contribution in [2.45, 2.75) is 29.0 Å². The molecule has 0 saturated heterocycles. The molecule has 0 radical (unpaired) electrons. The Hall–Kier alpha value is -3.31. The van der Waals surface area contributed by atoms with Crippen molar-refractivity contribution in [3.05, 3.63) is 52.6 Å². The minimum absolute atomic E-state index is 0. The number of rotatable bonds is 10. The molecule has 2 amide bonds. The maximum atomic E-state index is 12.3. The molecule has 0 spiro atoms. The molecule has 1 unspecified atom stereocenters. The summed E-state index contributed by atoms with van der Waals surface area (Å²) in [4.78, 5) is 30.7. The van der Waals surface area contributed by atoms with Crippen LogP contribution in [0.2, 0.25) is 0 Å². The number of amides is 2. The summed E-state index contributed by atoms with van der Waals surface area (Å²) < 4.78 is 0. The van der Waals surface area contributed by atoms with Gasteiger partial charge in [-0.1, -0.05) is 42.1 Å². The van der Waals surface area contributed by atoms with E-state index in [1.54, 1.807) is 36.2 Å². The zero-order valence-electron chi connectivity index (χ0n) is 18.7. The number of likely N-dealkylation sites (N-methyl/N-ethyl adjacent to an activating group) is 1. The molecule has 11 heteroatoms. The predicted molar refractivity (Wildman–Crippen MR) is 132 cm³/mol. The third kappa shape index (κ3) is 6.17. The Labute approximate surface area is 208 Å². The summed E-state index contributed by atoms with van der Waals surface area (Å²) >= 11 is 1.08. The first-order chi connectivity index (χ1) is 15.9. The lowest BCUT2D eigenvalue weighted by Crippen LogP contribution is -2.38. The molecule has 0 bridgehead atoms. The largest absolute Gasteiger partial charge is 0.368 e. The Bertz CT molecular complexity index is 1130. The van der Waals surface area contributed by atoms with Crippen molar-refractivity contribution >= 4 is 41.8 Å². The number of nitrogens with zero attached hydrogens (tertiary/aromatic N) is 4. The van der Waals surface area contributed by atoms with E-state index in [1.165, 1.54) is 0 Å². The van der Waals surface area contributed by atoms with Crippen molar-refractivity contribution in [1.29, 1.82) is 10.5 Å². The number of benzene rings is 1. The molecule has 5 N–H and O–H groups in total. The number of nitrogens with two attached hydrogens (primary N) is 2. The Balaban J connectivity index is 0.00000408. The smallest absolute Gasteiger partial charge is 0.239 e. The fourth-order valence-corrected chi connectivity index (χ4v) is 4.56. The summed E-state index contributed by atoms with van der Waals surface area (Å²) in [5.74, 6) is -0.469. The molecular weight excluding hydrogens is 474 g/mol. The number of primary amides is 1. The number of hydrogen-bond donors (Lipinski definition) is 3. The van der Waals surface area contributed by atoms with Crippen LogP contribution in [-0.4, -0.2) is 43.5 Å². The third-order valence-corrected chi connectivity index (χ3v) is 6.45. The normalized spacial score (nSPS) is 13.1. The van der Waals surface area contributed by atoms with Crippen LogP contribution in [0.4, 0.5) is 5.82 Å². The average molecular weight is 500 g/mol. The van der Waals surface area contributed by atoms with E-state index in [-0.39, 0.29) is 41.9 Å². The van der Waals surface area contributed by atoms with E-state index in [4.69, 9.17) is 11.5 Å². The number of hydrogen-bond acceptors (Lipinski definition) is 8. The van der Waals surface area contributed by atoms with Crippen molar-refractivity contribution in [2.24, 2.45) is 11.5 Å². The van der Waals surface area contributed by atoms with Gasteiger partial charge in [0.15, 0.2) is 0 Å². The van der Waals surface area contributed by atoms with Gasteiger partial charge in [-0.05, 0) is 29.9 Å². The molecule has 1 aromatic heterocycles. The van der Waals surface area contributed by atoms with Crippen LogP contribution in [0, 0.1) is 22.7 Å². The fourth-order valence-electron chi connectivity index (χ4n) is 3.52. The standard InChI is InChI=1S/C23H25N7O2S.ClH/c1-30(13-18(31)28-10-9-24)22-16(11-25)19(14-7-8-14)17(12-26)23(29-22)33-20(21(27)32)15-5-3-2-4-6-15;/h2-6,14,20H,7-10,13,24H2,1H3,(H2,27,32)(H,28,31);1H. The van der Waals surface area contributed by atoms with Crippen LogP contribution in [0.1, 0.15) is 46.3 Å². The number of halogens is 1. The van der Waals surface area contributed by atoms with Crippen LogP contribution < -0.4 is 21.7 Å². The fraction of sp³-hybridized carbons (Fsp3) is 0.348. The molecule has 1 atom stereocenters. The molecule has 34 heavy (non-hydrogen) atoms. The first kappa shape index (κ1) is 26.9. The number of nitriles is 2. The van der Waals surface area contributed by atoms with Crippen LogP contribution >= 0.6 is 24.2 Å². The summed E-state index contributed by atoms with van der Waals surface area (Å²) in [7, 11) is 1.66. The second kappa shape index (κ2) is 12.2. The number of thioether (sulfide) groups is 1. The summed E-state index contributed by atoms with van der Waals surface area (Å²) in [6.45, 7) is 0.610. The van der Waals surface area contributed by atoms with Gasteiger partial charge in [-0.15, -0.1) is 12.4 Å². The van der Waals surface area contributed by atoms with E-state index < -0.39 is 11.2 Å². The molecule has 1 aliphatic rings. The Morgan fingerprint density at radius 3 is 2.41 bits per heavy atom. The van der Waals surface area contributed by atoms with Gasteiger partial charge in [0.05, 0.1) is 17.7 Å². The summed E-state index contributed by atoms with van der Waals surface area (Å²) in [5, 5.41) is 22.1. The third-order valence-electron chi connectivity index (χ3n) is 5.19. The molecular formula is C23H26ClN7O2S. The second-order valence-corrected chi connectivity index (χ2v) is 8.80. The lowest BCUT2D eigenvalue weighted by molar-refractivity contribution is -0.119. The molecule has 1 heterocycles. The molecule has 1 aromatic carbocycles. The van der Waals surface area contributed by atoms with Crippen molar-refractivity contribution in [1.82, 2.24) is 10.3 Å². The second-order valence-electron chi connectivity index (χ2n) is 7.71. The van der Waals surface area contributed by atoms with Gasteiger partial charge in [0, 0.05) is 20.1 Å². The van der Waals surface area contributed by atoms with E-state index >= 15 is 0 Å². The molecule has 3 rings (SSSR count). The van der Waals surface area contributed by atoms with Gasteiger partial charge in [-0.2, -0.15) is 10.5 Å². The lowest BCUT2D eigenvalue weighted by atomic mass is 10.00. The first-order valence-electron chi connectivity index (χ1n) is 10.5. The average Bonchev–Trinajstić information content (AvgIpc) is 3.65. The van der Waals surface area contributed by atoms with Crippen molar-refractivity contribution < 1.29 is 9.59 Å². The monoisotopic (exact) mass is 499 g/mol. The molecule has 9 nitrogen and oxygen atoms in total. The van der Waals surface area contributed by atoms with Gasteiger partial charge in [0.2, 0.25) is 11.8 Å². The van der Waals surface area contributed by atoms with Crippen molar-refractivity contribution in [3.63, 3.8) is 0 Å². The van der Waals surface area contributed by atoms with E-state index in [0.717, 1.165) is 24.6 Å². The Kier molecular flexibility index (Phi) is 9.69. The van der Waals surface area contributed by atoms with Crippen LogP contribution in [0.3, 0.4) is 0 Å². The van der Waals surface area contributed by atoms with Gasteiger partial charge >= 0.3 is 0 Å². The number of anilines is 1. The highest BCUT2D eigenvalue weighted by atomic mass is 35.5. The number of carbonyl (C=O) groups is 2. The highest BCUT2D eigenvalue weighted by Crippen LogP contribution is 2.48.